The number of hydrogen-bond donors (Lipinski definition) is 3. The van der Waals surface area contributed by atoms with E-state index in [1.165, 1.54) is 23.3 Å². The maximum absolute atomic E-state index is 12.3. The Hall–Kier alpha value is -2.40. The Morgan fingerprint density at radius 3 is 2.32 bits per heavy atom. The van der Waals surface area contributed by atoms with Gasteiger partial charge in [-0.3, -0.25) is 9.36 Å². The summed E-state index contributed by atoms with van der Waals surface area (Å²) in [6, 6.07) is 0. The van der Waals surface area contributed by atoms with Crippen LogP contribution in [0.3, 0.4) is 0 Å². The summed E-state index contributed by atoms with van der Waals surface area (Å²) in [6.07, 6.45) is -0.443. The molecule has 120 valence electrons. The van der Waals surface area contributed by atoms with E-state index in [1.807, 2.05) is 0 Å². The number of nitrogens with zero attached hydrogens (tertiary/aromatic N) is 4. The molecule has 11 heteroatoms. The Morgan fingerprint density at radius 1 is 1.14 bits per heavy atom. The van der Waals surface area contributed by atoms with Crippen molar-refractivity contribution in [3.63, 3.8) is 0 Å². The molecule has 3 N–H and O–H groups in total. The maximum atomic E-state index is 12.3. The Labute approximate surface area is 121 Å². The number of aromatic carboxylic acids is 1. The van der Waals surface area contributed by atoms with Crippen molar-refractivity contribution in [1.29, 1.82) is 0 Å². The zero-order valence-corrected chi connectivity index (χ0v) is 10.9. The van der Waals surface area contributed by atoms with Crippen LogP contribution in [0.4, 0.5) is 13.2 Å². The SMILES string of the molecule is O=C(O)c1cnn(Cc2cnn(CC(O)(O)C(F)(F)F)c2)c1. The number of aromatic nitrogens is 4. The van der Waals surface area contributed by atoms with Crippen LogP contribution in [0.1, 0.15) is 15.9 Å². The molecule has 0 fully saturated rings. The van der Waals surface area contributed by atoms with E-state index in [0.717, 1.165) is 10.9 Å². The number of carboxylic acids is 1. The molecule has 2 heterocycles. The fourth-order valence-corrected chi connectivity index (χ4v) is 1.64. The molecule has 0 aliphatic rings. The lowest BCUT2D eigenvalue weighted by molar-refractivity contribution is -0.354. The maximum Gasteiger partial charge on any atom is 0.444 e. The van der Waals surface area contributed by atoms with Crippen molar-refractivity contribution in [2.24, 2.45) is 0 Å². The van der Waals surface area contributed by atoms with Crippen molar-refractivity contribution in [3.05, 3.63) is 35.9 Å². The molecule has 2 aromatic heterocycles. The smallest absolute Gasteiger partial charge is 0.444 e. The standard InChI is InChI=1S/C11H11F3N4O4/c12-11(13,14)10(21,22)6-18-4-7(1-15-18)3-17-5-8(2-16-17)9(19)20/h1-2,4-5,21-22H,3,6H2,(H,19,20). The van der Waals surface area contributed by atoms with Gasteiger partial charge >= 0.3 is 12.1 Å². The molecule has 22 heavy (non-hydrogen) atoms. The van der Waals surface area contributed by atoms with E-state index in [-0.39, 0.29) is 12.1 Å². The van der Waals surface area contributed by atoms with Crippen LogP contribution in [0.15, 0.2) is 24.8 Å². The Balaban J connectivity index is 2.07. The molecule has 0 saturated heterocycles. The van der Waals surface area contributed by atoms with Crippen LogP contribution in [0.25, 0.3) is 0 Å². The van der Waals surface area contributed by atoms with Crippen molar-refractivity contribution in [3.8, 4) is 0 Å². The first-order valence-electron chi connectivity index (χ1n) is 5.87. The first-order chi connectivity index (χ1) is 10.1. The van der Waals surface area contributed by atoms with Gasteiger partial charge in [-0.05, 0) is 0 Å². The van der Waals surface area contributed by atoms with Crippen LogP contribution in [0.2, 0.25) is 0 Å². The van der Waals surface area contributed by atoms with Gasteiger partial charge in [0.15, 0.2) is 0 Å². The second-order valence-electron chi connectivity index (χ2n) is 4.59. The van der Waals surface area contributed by atoms with E-state index < -0.39 is 24.5 Å². The normalized spacial score (nSPS) is 12.6. The molecule has 0 unspecified atom stereocenters. The number of rotatable bonds is 5. The van der Waals surface area contributed by atoms with E-state index in [1.54, 1.807) is 0 Å². The van der Waals surface area contributed by atoms with Gasteiger partial charge in [0.05, 0.1) is 24.5 Å². The van der Waals surface area contributed by atoms with Gasteiger partial charge in [-0.25, -0.2) is 4.79 Å². The Bertz CT molecular complexity index is 677. The fraction of sp³-hybridized carbons (Fsp3) is 0.364. The molecule has 0 spiro atoms. The van der Waals surface area contributed by atoms with Gasteiger partial charge in [-0.15, -0.1) is 0 Å². The first-order valence-corrected chi connectivity index (χ1v) is 5.87. The van der Waals surface area contributed by atoms with Gasteiger partial charge in [0, 0.05) is 18.0 Å². The number of hydrogen-bond acceptors (Lipinski definition) is 5. The predicted octanol–water partition coefficient (Wildman–Crippen LogP) is 0.0693. The molecular formula is C11H11F3N4O4. The van der Waals surface area contributed by atoms with Gasteiger partial charge in [0.2, 0.25) is 0 Å². The average molecular weight is 320 g/mol. The summed E-state index contributed by atoms with van der Waals surface area (Å²) in [6.45, 7) is -1.11. The van der Waals surface area contributed by atoms with Gasteiger partial charge in [-0.1, -0.05) is 0 Å². The molecule has 0 amide bonds. The second kappa shape index (κ2) is 5.42. The first kappa shape index (κ1) is 16.0. The van der Waals surface area contributed by atoms with Gasteiger partial charge in [-0.2, -0.15) is 23.4 Å². The number of carbonyl (C=O) groups is 1. The zero-order valence-electron chi connectivity index (χ0n) is 10.9. The third kappa shape index (κ3) is 3.43. The fourth-order valence-electron chi connectivity index (χ4n) is 1.64. The van der Waals surface area contributed by atoms with E-state index in [9.17, 15) is 18.0 Å². The Kier molecular flexibility index (Phi) is 3.94. The van der Waals surface area contributed by atoms with Crippen molar-refractivity contribution >= 4 is 5.97 Å². The van der Waals surface area contributed by atoms with Crippen LogP contribution in [0, 0.1) is 0 Å². The van der Waals surface area contributed by atoms with Crippen LogP contribution in [-0.2, 0) is 13.1 Å². The third-order valence-corrected chi connectivity index (χ3v) is 2.75. The number of carboxylic acid groups (broad SMARTS) is 1. The molecule has 0 aliphatic carbocycles. The molecule has 0 aromatic carbocycles. The lowest BCUT2D eigenvalue weighted by Gasteiger charge is -2.24. The number of aliphatic hydroxyl groups is 2. The highest BCUT2D eigenvalue weighted by Crippen LogP contribution is 2.29. The second-order valence-corrected chi connectivity index (χ2v) is 4.59. The van der Waals surface area contributed by atoms with Gasteiger partial charge in [0.1, 0.15) is 6.54 Å². The lowest BCUT2D eigenvalue weighted by atomic mass is 10.3. The van der Waals surface area contributed by atoms with Crippen LogP contribution < -0.4 is 0 Å². The minimum atomic E-state index is -5.21. The summed E-state index contributed by atoms with van der Waals surface area (Å²) in [5.74, 6) is -5.05. The molecule has 2 rings (SSSR count). The minimum Gasteiger partial charge on any atom is -0.478 e. The number of alkyl halides is 3. The highest BCUT2D eigenvalue weighted by molar-refractivity contribution is 5.86. The molecular weight excluding hydrogens is 309 g/mol. The molecule has 0 atom stereocenters. The Morgan fingerprint density at radius 2 is 1.77 bits per heavy atom. The lowest BCUT2D eigenvalue weighted by Crippen LogP contribution is -2.48. The van der Waals surface area contributed by atoms with E-state index in [2.05, 4.69) is 10.2 Å². The van der Waals surface area contributed by atoms with Crippen molar-refractivity contribution in [1.82, 2.24) is 19.6 Å². The number of halogens is 3. The zero-order chi connectivity index (χ0) is 16.5. The van der Waals surface area contributed by atoms with Crippen molar-refractivity contribution < 1.29 is 33.3 Å². The highest BCUT2D eigenvalue weighted by atomic mass is 19.4. The highest BCUT2D eigenvalue weighted by Gasteiger charge is 2.53. The van der Waals surface area contributed by atoms with E-state index in [0.29, 0.717) is 5.56 Å². The topological polar surface area (TPSA) is 113 Å². The van der Waals surface area contributed by atoms with Crippen LogP contribution >= 0.6 is 0 Å². The molecule has 2 aromatic rings. The summed E-state index contributed by atoms with van der Waals surface area (Å²) in [7, 11) is 0. The molecule has 0 aliphatic heterocycles. The molecule has 8 nitrogen and oxygen atoms in total. The van der Waals surface area contributed by atoms with Gasteiger partial charge < -0.3 is 15.3 Å². The monoisotopic (exact) mass is 320 g/mol. The molecule has 0 saturated carbocycles. The van der Waals surface area contributed by atoms with E-state index >= 15 is 0 Å². The van der Waals surface area contributed by atoms with Crippen LogP contribution in [-0.4, -0.2) is 52.8 Å². The summed E-state index contributed by atoms with van der Waals surface area (Å²) in [4.78, 5) is 10.7. The van der Waals surface area contributed by atoms with Crippen molar-refractivity contribution in [2.45, 2.75) is 25.1 Å². The summed E-state index contributed by atoms with van der Waals surface area (Å²) in [5, 5.41) is 34.0. The molecule has 0 radical (unpaired) electrons. The van der Waals surface area contributed by atoms with Gasteiger partial charge in [0.25, 0.3) is 5.79 Å². The average Bonchev–Trinajstić information content (AvgIpc) is 2.97. The van der Waals surface area contributed by atoms with Crippen molar-refractivity contribution in [2.75, 3.05) is 0 Å². The largest absolute Gasteiger partial charge is 0.478 e. The third-order valence-electron chi connectivity index (χ3n) is 2.75. The molecule has 0 bridgehead atoms. The summed E-state index contributed by atoms with van der Waals surface area (Å²) >= 11 is 0. The minimum absolute atomic E-state index is 0.0332. The predicted molar refractivity (Wildman–Crippen MR) is 63.7 cm³/mol. The van der Waals surface area contributed by atoms with Crippen LogP contribution in [0.5, 0.6) is 0 Å². The quantitative estimate of drug-likeness (QED) is 0.672. The summed E-state index contributed by atoms with van der Waals surface area (Å²) in [5.41, 5.74) is 0.382. The van der Waals surface area contributed by atoms with E-state index in [4.69, 9.17) is 15.3 Å². The summed E-state index contributed by atoms with van der Waals surface area (Å²) < 4.78 is 39.0.